The molecular formula is C17H11F3N4O3. The highest BCUT2D eigenvalue weighted by molar-refractivity contribution is 6.08. The van der Waals surface area contributed by atoms with Gasteiger partial charge in [-0.3, -0.25) is 9.78 Å². The summed E-state index contributed by atoms with van der Waals surface area (Å²) in [5, 5.41) is 4.23. The normalized spacial score (nSPS) is 13.5. The number of amides is 1. The number of anilines is 1. The van der Waals surface area contributed by atoms with Gasteiger partial charge in [0, 0.05) is 19.3 Å². The molecule has 1 aliphatic heterocycles. The number of hydrogen-bond acceptors (Lipinski definition) is 5. The summed E-state index contributed by atoms with van der Waals surface area (Å²) in [5.74, 6) is -0.767. The summed E-state index contributed by atoms with van der Waals surface area (Å²) in [4.78, 5) is 17.9. The molecule has 1 aromatic carbocycles. The molecule has 0 N–H and O–H groups in total. The van der Waals surface area contributed by atoms with Gasteiger partial charge >= 0.3 is 6.36 Å². The van der Waals surface area contributed by atoms with E-state index < -0.39 is 18.0 Å². The van der Waals surface area contributed by atoms with Crippen molar-refractivity contribution in [1.82, 2.24) is 14.8 Å². The Kier molecular flexibility index (Phi) is 3.76. The zero-order valence-electron chi connectivity index (χ0n) is 13.8. The number of pyridine rings is 1. The summed E-state index contributed by atoms with van der Waals surface area (Å²) in [6, 6.07) is 6.93. The molecule has 0 bridgehead atoms. The van der Waals surface area contributed by atoms with Gasteiger partial charge in [-0.2, -0.15) is 5.10 Å². The van der Waals surface area contributed by atoms with Gasteiger partial charge < -0.3 is 14.4 Å². The Morgan fingerprint density at radius 1 is 1.19 bits per heavy atom. The number of nitrogens with zero attached hydrogens (tertiary/aromatic N) is 4. The van der Waals surface area contributed by atoms with Crippen molar-refractivity contribution >= 4 is 11.6 Å². The fraction of sp³-hybridized carbons (Fsp3) is 0.118. The number of rotatable bonds is 2. The van der Waals surface area contributed by atoms with E-state index in [0.29, 0.717) is 11.4 Å². The number of aromatic nitrogens is 3. The molecule has 1 aliphatic rings. The fourth-order valence-electron chi connectivity index (χ4n) is 2.64. The van der Waals surface area contributed by atoms with Crippen LogP contribution in [0, 0.1) is 0 Å². The molecular weight excluding hydrogens is 365 g/mol. The van der Waals surface area contributed by atoms with Gasteiger partial charge in [-0.1, -0.05) is 0 Å². The molecule has 3 aromatic rings. The van der Waals surface area contributed by atoms with Crippen LogP contribution in [0.3, 0.4) is 0 Å². The van der Waals surface area contributed by atoms with Gasteiger partial charge in [0.05, 0.1) is 23.8 Å². The zero-order chi connectivity index (χ0) is 19.2. The van der Waals surface area contributed by atoms with Crippen LogP contribution in [0.15, 0.2) is 48.9 Å². The highest BCUT2D eigenvalue weighted by atomic mass is 19.4. The minimum Gasteiger partial charge on any atom is -0.451 e. The molecule has 10 heteroatoms. The van der Waals surface area contributed by atoms with Crippen LogP contribution < -0.4 is 14.4 Å². The Labute approximate surface area is 150 Å². The maximum atomic E-state index is 12.7. The monoisotopic (exact) mass is 376 g/mol. The molecule has 0 saturated carbocycles. The molecule has 0 spiro atoms. The van der Waals surface area contributed by atoms with Gasteiger partial charge in [0.1, 0.15) is 5.75 Å². The van der Waals surface area contributed by atoms with E-state index in [1.807, 2.05) is 0 Å². The molecule has 27 heavy (non-hydrogen) atoms. The van der Waals surface area contributed by atoms with Gasteiger partial charge in [-0.05, 0) is 24.3 Å². The number of hydrogen-bond donors (Lipinski definition) is 0. The smallest absolute Gasteiger partial charge is 0.451 e. The van der Waals surface area contributed by atoms with Crippen LogP contribution >= 0.6 is 0 Å². The summed E-state index contributed by atoms with van der Waals surface area (Å²) in [6.45, 7) is 0. The van der Waals surface area contributed by atoms with E-state index in [0.717, 1.165) is 12.1 Å². The number of benzene rings is 1. The van der Waals surface area contributed by atoms with E-state index in [9.17, 15) is 18.0 Å². The second kappa shape index (κ2) is 6.01. The highest BCUT2D eigenvalue weighted by Gasteiger charge is 2.33. The lowest BCUT2D eigenvalue weighted by molar-refractivity contribution is -0.274. The molecule has 2 aromatic heterocycles. The first-order chi connectivity index (χ1) is 12.8. The van der Waals surface area contributed by atoms with Crippen molar-refractivity contribution in [3.63, 3.8) is 0 Å². The Bertz CT molecular complexity index is 1020. The number of alkyl halides is 3. The van der Waals surface area contributed by atoms with Crippen molar-refractivity contribution in [3.05, 3.63) is 54.6 Å². The minimum absolute atomic E-state index is 0.0239. The third kappa shape index (κ3) is 3.16. The Morgan fingerprint density at radius 3 is 2.70 bits per heavy atom. The number of carbonyl (C=O) groups is 1. The van der Waals surface area contributed by atoms with Gasteiger partial charge in [-0.15, -0.1) is 13.2 Å². The molecule has 7 nitrogen and oxygen atoms in total. The van der Waals surface area contributed by atoms with Crippen LogP contribution in [0.5, 0.6) is 17.2 Å². The zero-order valence-corrected chi connectivity index (χ0v) is 13.8. The molecule has 4 rings (SSSR count). The standard InChI is InChI=1S/C17H11F3N4O3/c1-23-12-5-4-11(27-17(18,19)20)7-13(12)26-14-9-24(22-15(14)16(23)25)10-3-2-6-21-8-10/h2-9H,1H3. The molecule has 0 atom stereocenters. The Hall–Kier alpha value is -3.56. The number of fused-ring (bicyclic) bond motifs is 2. The molecule has 0 radical (unpaired) electrons. The highest BCUT2D eigenvalue weighted by Crippen LogP contribution is 2.41. The third-order valence-corrected chi connectivity index (χ3v) is 3.84. The maximum Gasteiger partial charge on any atom is 0.573 e. The van der Waals surface area contributed by atoms with E-state index >= 15 is 0 Å². The Balaban J connectivity index is 1.77. The first-order valence-corrected chi connectivity index (χ1v) is 7.67. The average Bonchev–Trinajstić information content (AvgIpc) is 3.00. The minimum atomic E-state index is -4.84. The predicted octanol–water partition coefficient (Wildman–Crippen LogP) is 3.55. The predicted molar refractivity (Wildman–Crippen MR) is 87.3 cm³/mol. The second-order valence-electron chi connectivity index (χ2n) is 5.64. The van der Waals surface area contributed by atoms with Crippen LogP contribution in [0.2, 0.25) is 0 Å². The van der Waals surface area contributed by atoms with Crippen molar-refractivity contribution in [1.29, 1.82) is 0 Å². The summed E-state index contributed by atoms with van der Waals surface area (Å²) in [6.07, 6.45) is -0.239. The quantitative estimate of drug-likeness (QED) is 0.684. The van der Waals surface area contributed by atoms with Gasteiger partial charge in [-0.25, -0.2) is 4.68 Å². The molecule has 0 fully saturated rings. The Morgan fingerprint density at radius 2 is 2.00 bits per heavy atom. The number of halogens is 3. The van der Waals surface area contributed by atoms with Crippen LogP contribution in [0.25, 0.3) is 5.69 Å². The lowest BCUT2D eigenvalue weighted by Crippen LogP contribution is -2.26. The van der Waals surface area contributed by atoms with Gasteiger partial charge in [0.25, 0.3) is 5.91 Å². The molecule has 138 valence electrons. The van der Waals surface area contributed by atoms with E-state index in [4.69, 9.17) is 4.74 Å². The topological polar surface area (TPSA) is 69.5 Å². The lowest BCUT2D eigenvalue weighted by Gasteiger charge is -2.17. The summed E-state index contributed by atoms with van der Waals surface area (Å²) < 4.78 is 48.4. The average molecular weight is 376 g/mol. The third-order valence-electron chi connectivity index (χ3n) is 3.84. The van der Waals surface area contributed by atoms with Crippen LogP contribution in [-0.4, -0.2) is 34.1 Å². The van der Waals surface area contributed by atoms with Crippen molar-refractivity contribution in [2.75, 3.05) is 11.9 Å². The van der Waals surface area contributed by atoms with E-state index in [1.54, 1.807) is 24.5 Å². The fourth-order valence-corrected chi connectivity index (χ4v) is 2.64. The molecule has 0 aliphatic carbocycles. The van der Waals surface area contributed by atoms with Crippen LogP contribution in [0.4, 0.5) is 18.9 Å². The molecule has 0 unspecified atom stereocenters. The van der Waals surface area contributed by atoms with Crippen molar-refractivity contribution in [3.8, 4) is 22.9 Å². The second-order valence-corrected chi connectivity index (χ2v) is 5.64. The molecule has 3 heterocycles. The number of ether oxygens (including phenoxy) is 2. The van der Waals surface area contributed by atoms with Crippen molar-refractivity contribution < 1.29 is 27.4 Å². The SMILES string of the molecule is CN1C(=O)c2nn(-c3cccnc3)cc2Oc2cc(OC(F)(F)F)ccc21. The lowest BCUT2D eigenvalue weighted by atomic mass is 10.2. The molecule has 1 amide bonds. The summed E-state index contributed by atoms with van der Waals surface area (Å²) in [7, 11) is 1.48. The molecule has 0 saturated heterocycles. The van der Waals surface area contributed by atoms with Crippen molar-refractivity contribution in [2.24, 2.45) is 0 Å². The first kappa shape index (κ1) is 16.9. The first-order valence-electron chi connectivity index (χ1n) is 7.67. The van der Waals surface area contributed by atoms with Gasteiger partial charge in [0.2, 0.25) is 0 Å². The van der Waals surface area contributed by atoms with E-state index in [-0.39, 0.29) is 17.2 Å². The largest absolute Gasteiger partial charge is 0.573 e. The van der Waals surface area contributed by atoms with Crippen LogP contribution in [0.1, 0.15) is 10.5 Å². The van der Waals surface area contributed by atoms with E-state index in [2.05, 4.69) is 14.8 Å². The van der Waals surface area contributed by atoms with E-state index in [1.165, 1.54) is 28.9 Å². The summed E-state index contributed by atoms with van der Waals surface area (Å²) >= 11 is 0. The number of carbonyl (C=O) groups excluding carboxylic acids is 1. The van der Waals surface area contributed by atoms with Crippen LogP contribution in [-0.2, 0) is 0 Å². The van der Waals surface area contributed by atoms with Gasteiger partial charge in [0.15, 0.2) is 17.2 Å². The maximum absolute atomic E-state index is 12.7. The van der Waals surface area contributed by atoms with Crippen molar-refractivity contribution in [2.45, 2.75) is 6.36 Å². The summed E-state index contributed by atoms with van der Waals surface area (Å²) in [5.41, 5.74) is 0.912.